The van der Waals surface area contributed by atoms with Crippen LogP contribution in [0.2, 0.25) is 0 Å². The van der Waals surface area contributed by atoms with Gasteiger partial charge in [-0.2, -0.15) is 34.2 Å². The maximum atomic E-state index is 12.3. The van der Waals surface area contributed by atoms with Crippen molar-refractivity contribution >= 4 is 69.5 Å². The molecule has 4 aromatic rings. The van der Waals surface area contributed by atoms with Gasteiger partial charge in [0.05, 0.1) is 43.4 Å². The van der Waals surface area contributed by atoms with Gasteiger partial charge < -0.3 is 50.8 Å². The third-order valence-electron chi connectivity index (χ3n) is 6.11. The van der Waals surface area contributed by atoms with Gasteiger partial charge in [-0.3, -0.25) is 5.04 Å². The Morgan fingerprint density at radius 3 is 1.69 bits per heavy atom. The Balaban J connectivity index is 0.00000468. The van der Waals surface area contributed by atoms with Crippen LogP contribution in [0.5, 0.6) is 12.0 Å². The minimum absolute atomic E-state index is 0. The summed E-state index contributed by atoms with van der Waals surface area (Å²) in [5, 5.41) is 44.7. The van der Waals surface area contributed by atoms with E-state index in [4.69, 9.17) is 9.47 Å². The second kappa shape index (κ2) is 21.7. The summed E-state index contributed by atoms with van der Waals surface area (Å²) >= 11 is 0.569. The number of nitrogens with zero attached hydrogens (tertiary/aromatic N) is 6. The number of nitrogens with one attached hydrogen (secondary N) is 4. The first kappa shape index (κ1) is 45.2. The molecule has 268 valence electrons. The van der Waals surface area contributed by atoms with Crippen LogP contribution < -0.4 is 95.1 Å². The van der Waals surface area contributed by atoms with Crippen LogP contribution in [-0.4, -0.2) is 92.6 Å². The van der Waals surface area contributed by atoms with Gasteiger partial charge >= 0.3 is 71.1 Å². The maximum Gasteiger partial charge on any atom is 1.00 e. The Morgan fingerprint density at radius 1 is 0.769 bits per heavy atom. The smallest absolute Gasteiger partial charge is 0.744 e. The summed E-state index contributed by atoms with van der Waals surface area (Å²) in [6.45, 7) is 3.47. The summed E-state index contributed by atoms with van der Waals surface area (Å²) in [7, 11) is -2.26. The van der Waals surface area contributed by atoms with Crippen molar-refractivity contribution < 1.29 is 106 Å². The van der Waals surface area contributed by atoms with E-state index in [1.165, 1.54) is 38.5 Å². The fraction of sp³-hybridized carbons (Fsp3) is 0.286. The fourth-order valence-corrected chi connectivity index (χ4v) is 5.12. The Labute approximate surface area is 347 Å². The van der Waals surface area contributed by atoms with Crippen molar-refractivity contribution in [2.45, 2.75) is 35.8 Å². The minimum Gasteiger partial charge on any atom is -0.744 e. The molecule has 2 aromatic carbocycles. The quantitative estimate of drug-likeness (QED) is 0.0139. The Bertz CT molecular complexity index is 1910. The molecule has 2 heterocycles. The summed E-state index contributed by atoms with van der Waals surface area (Å²) in [5.74, 6) is 0.291. The van der Waals surface area contributed by atoms with Crippen molar-refractivity contribution in [3.63, 3.8) is 0 Å². The molecule has 2 aromatic heterocycles. The number of anilines is 6. The number of methoxy groups -OCH3 is 2. The van der Waals surface area contributed by atoms with Gasteiger partial charge in [0.2, 0.25) is 23.8 Å². The summed E-state index contributed by atoms with van der Waals surface area (Å²) in [5.41, 5.74) is 1.09. The first-order valence-electron chi connectivity index (χ1n) is 14.4. The predicted molar refractivity (Wildman–Crippen MR) is 177 cm³/mol. The molecule has 52 heavy (non-hydrogen) atoms. The average Bonchev–Trinajstić information content (AvgIpc) is 3.08. The molecular formula is C28H32N10Na2O10S2. The molecule has 0 saturated carbocycles. The molecular weight excluding hydrogens is 746 g/mol. The minimum atomic E-state index is -4.98. The maximum absolute atomic E-state index is 12.3. The molecule has 20 nitrogen and oxygen atoms in total. The molecule has 0 aliphatic heterocycles. The summed E-state index contributed by atoms with van der Waals surface area (Å²) < 4.78 is 51.7. The second-order valence-electron chi connectivity index (χ2n) is 10.2. The molecule has 0 fully saturated rings. The van der Waals surface area contributed by atoms with Crippen molar-refractivity contribution in [2.75, 3.05) is 48.6 Å². The van der Waals surface area contributed by atoms with E-state index in [1.54, 1.807) is 32.0 Å². The molecule has 0 aliphatic rings. The SMILES string of the molecule is COc1nc(NCC(C)O)nc(Nc2ccc(C=Cc3ccc(Nc4nc(NCC(C)O)nc(OC)n4)cc3S(=O)(=O)[O-])c(SOO[O-])c2)n1.[Na+].[Na+]. The van der Waals surface area contributed by atoms with E-state index in [1.807, 2.05) is 0 Å². The number of rotatable bonds is 18. The van der Waals surface area contributed by atoms with E-state index in [2.05, 4.69) is 60.5 Å². The number of ether oxygens (including phenoxy) is 2. The summed E-state index contributed by atoms with van der Waals surface area (Å²) in [6, 6.07) is 8.76. The van der Waals surface area contributed by atoms with Crippen molar-refractivity contribution in [3.05, 3.63) is 47.5 Å². The van der Waals surface area contributed by atoms with Gasteiger partial charge in [0.25, 0.3) is 0 Å². The molecule has 0 saturated heterocycles. The molecule has 0 radical (unpaired) electrons. The molecule has 4 rings (SSSR count). The van der Waals surface area contributed by atoms with E-state index in [0.29, 0.717) is 28.2 Å². The average molecular weight is 779 g/mol. The molecule has 0 spiro atoms. The van der Waals surface area contributed by atoms with Gasteiger partial charge in [-0.1, -0.05) is 24.3 Å². The second-order valence-corrected chi connectivity index (χ2v) is 12.3. The zero-order valence-electron chi connectivity index (χ0n) is 28.8. The third kappa shape index (κ3) is 14.1. The summed E-state index contributed by atoms with van der Waals surface area (Å²) in [4.78, 5) is 24.6. The van der Waals surface area contributed by atoms with Crippen LogP contribution in [0.1, 0.15) is 25.0 Å². The number of aliphatic hydroxyl groups excluding tert-OH is 2. The first-order valence-corrected chi connectivity index (χ1v) is 16.5. The van der Waals surface area contributed by atoms with Crippen LogP contribution >= 0.6 is 12.0 Å². The van der Waals surface area contributed by atoms with Crippen molar-refractivity contribution in [3.8, 4) is 12.0 Å². The van der Waals surface area contributed by atoms with Gasteiger partial charge in [0.15, 0.2) is 0 Å². The molecule has 0 aliphatic carbocycles. The van der Waals surface area contributed by atoms with E-state index in [-0.39, 0.29) is 119 Å². The predicted octanol–water partition coefficient (Wildman–Crippen LogP) is -4.54. The van der Waals surface area contributed by atoms with Gasteiger partial charge in [-0.05, 0) is 49.2 Å². The Kier molecular flexibility index (Phi) is 18.9. The topological polar surface area (TPSA) is 283 Å². The van der Waals surface area contributed by atoms with E-state index >= 15 is 0 Å². The Hall–Kier alpha value is -2.94. The van der Waals surface area contributed by atoms with Crippen LogP contribution in [0, 0.1) is 0 Å². The Morgan fingerprint density at radius 2 is 1.23 bits per heavy atom. The van der Waals surface area contributed by atoms with Crippen LogP contribution in [0.4, 0.5) is 35.2 Å². The standard InChI is InChI=1S/C28H34N10O10S2.2Na/c1-15(39)13-29-23-33-25(37-27(35-23)45-3)31-19-9-7-17(21(11-19)49-48-47-41)5-6-18-8-10-20(12-22(18)50(42,43)44)32-26-34-24(30-14-16(2)40)36-28(38-26)46-4;;/h5-12,15-16,39-41H,13-14H2,1-4H3,(H,42,43,44)(H2,29,31,33,35,37)(H2,30,32,34,36,38);;/q;2*+1/p-2. The van der Waals surface area contributed by atoms with Crippen LogP contribution in [0.3, 0.4) is 0 Å². The number of hydrogen-bond acceptors (Lipinski definition) is 21. The molecule has 2 atom stereocenters. The fourth-order valence-electron chi connectivity index (χ4n) is 3.92. The van der Waals surface area contributed by atoms with Gasteiger partial charge in [0.1, 0.15) is 10.1 Å². The first-order chi connectivity index (χ1) is 23.9. The summed E-state index contributed by atoms with van der Waals surface area (Å²) in [6.07, 6.45) is 1.53. The van der Waals surface area contributed by atoms with E-state index < -0.39 is 27.2 Å². The molecule has 2 unspecified atom stereocenters. The van der Waals surface area contributed by atoms with Crippen molar-refractivity contribution in [1.29, 1.82) is 0 Å². The molecule has 0 amide bonds. The zero-order valence-corrected chi connectivity index (χ0v) is 34.5. The number of aromatic nitrogens is 6. The van der Waals surface area contributed by atoms with Gasteiger partial charge in [-0.25, -0.2) is 8.42 Å². The molecule has 0 bridgehead atoms. The van der Waals surface area contributed by atoms with Crippen LogP contribution in [0.25, 0.3) is 12.2 Å². The number of hydrogen-bond donors (Lipinski definition) is 6. The van der Waals surface area contributed by atoms with Gasteiger partial charge in [0, 0.05) is 29.4 Å². The number of aliphatic hydroxyl groups is 2. The van der Waals surface area contributed by atoms with Gasteiger partial charge in [-0.15, -0.1) is 0 Å². The van der Waals surface area contributed by atoms with Crippen LogP contribution in [0.15, 0.2) is 46.2 Å². The molecule has 6 N–H and O–H groups in total. The van der Waals surface area contributed by atoms with Crippen molar-refractivity contribution in [2.24, 2.45) is 0 Å². The number of benzene rings is 2. The van der Waals surface area contributed by atoms with E-state index in [0.717, 1.165) is 6.07 Å². The molecule has 24 heteroatoms. The zero-order chi connectivity index (χ0) is 36.3. The van der Waals surface area contributed by atoms with E-state index in [9.17, 15) is 28.4 Å². The normalized spacial score (nSPS) is 12.2. The monoisotopic (exact) mass is 778 g/mol. The largest absolute Gasteiger partial charge is 1.00 e. The third-order valence-corrected chi connectivity index (χ3v) is 7.66. The van der Waals surface area contributed by atoms with Crippen molar-refractivity contribution in [1.82, 2.24) is 29.9 Å². The van der Waals surface area contributed by atoms with Crippen LogP contribution in [-0.2, 0) is 19.5 Å².